The third-order valence-corrected chi connectivity index (χ3v) is 1.18. The van der Waals surface area contributed by atoms with E-state index >= 15 is 0 Å². The summed E-state index contributed by atoms with van der Waals surface area (Å²) in [5, 5.41) is 0. The number of carbonyl (C=O) groups is 1. The van der Waals surface area contributed by atoms with Crippen LogP contribution < -0.4 is 0 Å². The summed E-state index contributed by atoms with van der Waals surface area (Å²) in [6.07, 6.45) is 0. The van der Waals surface area contributed by atoms with Crippen LogP contribution in [0.25, 0.3) is 0 Å². The molecule has 0 bridgehead atoms. The number of hydrogen-bond donors (Lipinski definition) is 0. The van der Waals surface area contributed by atoms with Crippen molar-refractivity contribution < 1.29 is 22.2 Å². The van der Waals surface area contributed by atoms with E-state index in [1.54, 1.807) is 6.92 Å². The molecule has 0 fully saturated rings. The number of carbonyl (C=O) groups excluding carboxylic acids is 1. The van der Waals surface area contributed by atoms with Gasteiger partial charge in [-0.15, -0.1) is 0 Å². The molecule has 0 aliphatic carbocycles. The molecular weight excluding hydrogens is 164 g/mol. The Hall–Kier alpha value is -0.578. The average Bonchev–Trinajstić information content (AvgIpc) is 1.90. The van der Waals surface area contributed by atoms with Gasteiger partial charge in [0, 0.05) is 22.9 Å². The van der Waals surface area contributed by atoms with Gasteiger partial charge in [-0.2, -0.15) is 0 Å². The maximum Gasteiger partial charge on any atom is 0.159 e. The Kier molecular flexibility index (Phi) is 4.02. The Labute approximate surface area is 71.2 Å². The van der Waals surface area contributed by atoms with E-state index in [4.69, 9.17) is 0 Å². The maximum absolute atomic E-state index is 10.6. The van der Waals surface area contributed by atoms with Crippen molar-refractivity contribution in [3.05, 3.63) is 35.9 Å². The van der Waals surface area contributed by atoms with E-state index in [0.29, 0.717) is 0 Å². The van der Waals surface area contributed by atoms with Gasteiger partial charge in [-0.3, -0.25) is 4.79 Å². The molecule has 0 heterocycles. The van der Waals surface area contributed by atoms with Crippen LogP contribution in [0.3, 0.4) is 0 Å². The molecule has 2 heteroatoms. The van der Waals surface area contributed by atoms with E-state index in [-0.39, 0.29) is 23.1 Å². The number of benzene rings is 1. The van der Waals surface area contributed by atoms with Gasteiger partial charge in [0.15, 0.2) is 5.78 Å². The van der Waals surface area contributed by atoms with Gasteiger partial charge in [0.2, 0.25) is 0 Å². The molecule has 0 unspecified atom stereocenters. The second-order valence-electron chi connectivity index (χ2n) is 1.92. The van der Waals surface area contributed by atoms with Gasteiger partial charge < -0.3 is 0 Å². The van der Waals surface area contributed by atoms with Crippen molar-refractivity contribution in [3.63, 3.8) is 0 Å². The summed E-state index contributed by atoms with van der Waals surface area (Å²) in [6, 6.07) is 9.23. The minimum absolute atomic E-state index is 0. The SMILES string of the molecule is CC(=O)c1ccccc1.[Cr]. The normalized spacial score (nSPS) is 8.10. The van der Waals surface area contributed by atoms with Crippen LogP contribution in [0.15, 0.2) is 30.3 Å². The standard InChI is InChI=1S/C8H8O.Cr/c1-7(9)8-5-3-2-4-6-8;/h2-6H,1H3;. The molecular formula is C8H8CrO. The van der Waals surface area contributed by atoms with Crippen LogP contribution in [-0.2, 0) is 17.4 Å². The van der Waals surface area contributed by atoms with Gasteiger partial charge in [-0.1, -0.05) is 30.3 Å². The Morgan fingerprint density at radius 2 is 1.70 bits per heavy atom. The van der Waals surface area contributed by atoms with Crippen LogP contribution in [0.5, 0.6) is 0 Å². The molecule has 0 atom stereocenters. The Morgan fingerprint density at radius 3 is 2.00 bits per heavy atom. The fraction of sp³-hybridized carbons (Fsp3) is 0.125. The number of Topliss-reactive ketones (excluding diaryl/α,β-unsaturated/α-hetero) is 1. The molecule has 0 radical (unpaired) electrons. The summed E-state index contributed by atoms with van der Waals surface area (Å²) in [4.78, 5) is 10.6. The van der Waals surface area contributed by atoms with E-state index in [0.717, 1.165) is 5.56 Å². The van der Waals surface area contributed by atoms with Crippen LogP contribution in [0.1, 0.15) is 17.3 Å². The van der Waals surface area contributed by atoms with Gasteiger partial charge in [-0.05, 0) is 6.92 Å². The predicted molar refractivity (Wildman–Crippen MR) is 36.4 cm³/mol. The van der Waals surface area contributed by atoms with Gasteiger partial charge in [-0.25, -0.2) is 0 Å². The average molecular weight is 172 g/mol. The first-order valence-corrected chi connectivity index (χ1v) is 2.86. The molecule has 0 aromatic heterocycles. The van der Waals surface area contributed by atoms with Gasteiger partial charge in [0.05, 0.1) is 0 Å². The summed E-state index contributed by atoms with van der Waals surface area (Å²) in [7, 11) is 0. The van der Waals surface area contributed by atoms with E-state index in [2.05, 4.69) is 0 Å². The topological polar surface area (TPSA) is 17.1 Å². The first-order chi connectivity index (χ1) is 4.30. The molecule has 0 aliphatic heterocycles. The van der Waals surface area contributed by atoms with Gasteiger partial charge in [0.1, 0.15) is 0 Å². The second-order valence-corrected chi connectivity index (χ2v) is 1.92. The van der Waals surface area contributed by atoms with Crippen molar-refractivity contribution in [2.45, 2.75) is 6.92 Å². The van der Waals surface area contributed by atoms with Crippen LogP contribution in [-0.4, -0.2) is 5.78 Å². The molecule has 0 N–H and O–H groups in total. The van der Waals surface area contributed by atoms with Crippen molar-refractivity contribution in [2.24, 2.45) is 0 Å². The Balaban J connectivity index is 0.000000810. The van der Waals surface area contributed by atoms with Crippen molar-refractivity contribution in [2.75, 3.05) is 0 Å². The van der Waals surface area contributed by atoms with Crippen molar-refractivity contribution in [3.8, 4) is 0 Å². The van der Waals surface area contributed by atoms with Crippen molar-refractivity contribution in [1.82, 2.24) is 0 Å². The zero-order valence-corrected chi connectivity index (χ0v) is 6.98. The molecule has 52 valence electrons. The first-order valence-electron chi connectivity index (χ1n) is 2.86. The minimum atomic E-state index is 0. The molecule has 1 nitrogen and oxygen atoms in total. The molecule has 10 heavy (non-hydrogen) atoms. The second kappa shape index (κ2) is 4.27. The zero-order chi connectivity index (χ0) is 6.69. The summed E-state index contributed by atoms with van der Waals surface area (Å²) in [6.45, 7) is 1.56. The quantitative estimate of drug-likeness (QED) is 0.591. The third kappa shape index (κ3) is 2.35. The summed E-state index contributed by atoms with van der Waals surface area (Å²) >= 11 is 0. The molecule has 1 aromatic carbocycles. The Morgan fingerprint density at radius 1 is 1.20 bits per heavy atom. The molecule has 0 saturated carbocycles. The van der Waals surface area contributed by atoms with Crippen LogP contribution in [0.4, 0.5) is 0 Å². The Bertz CT molecular complexity index is 206. The fourth-order valence-corrected chi connectivity index (χ4v) is 0.673. The van der Waals surface area contributed by atoms with Gasteiger partial charge >= 0.3 is 0 Å². The number of hydrogen-bond acceptors (Lipinski definition) is 1. The van der Waals surface area contributed by atoms with E-state index < -0.39 is 0 Å². The number of ketones is 1. The molecule has 1 rings (SSSR count). The predicted octanol–water partition coefficient (Wildman–Crippen LogP) is 1.89. The van der Waals surface area contributed by atoms with E-state index in [1.165, 1.54) is 0 Å². The molecule has 0 spiro atoms. The molecule has 0 aliphatic rings. The van der Waals surface area contributed by atoms with Crippen LogP contribution >= 0.6 is 0 Å². The number of rotatable bonds is 1. The summed E-state index contributed by atoms with van der Waals surface area (Å²) in [5.41, 5.74) is 0.775. The monoisotopic (exact) mass is 172 g/mol. The van der Waals surface area contributed by atoms with E-state index in [9.17, 15) is 4.79 Å². The summed E-state index contributed by atoms with van der Waals surface area (Å²) < 4.78 is 0. The van der Waals surface area contributed by atoms with Crippen LogP contribution in [0.2, 0.25) is 0 Å². The summed E-state index contributed by atoms with van der Waals surface area (Å²) in [5.74, 6) is 0.121. The van der Waals surface area contributed by atoms with Gasteiger partial charge in [0.25, 0.3) is 0 Å². The molecule has 0 saturated heterocycles. The zero-order valence-electron chi connectivity index (χ0n) is 5.70. The van der Waals surface area contributed by atoms with E-state index in [1.807, 2.05) is 30.3 Å². The molecule has 0 amide bonds. The first kappa shape index (κ1) is 9.42. The molecule has 1 aromatic rings. The fourth-order valence-electron chi connectivity index (χ4n) is 0.673. The minimum Gasteiger partial charge on any atom is -0.295 e. The van der Waals surface area contributed by atoms with Crippen molar-refractivity contribution >= 4 is 5.78 Å². The maximum atomic E-state index is 10.6. The third-order valence-electron chi connectivity index (χ3n) is 1.18. The largest absolute Gasteiger partial charge is 0.295 e. The smallest absolute Gasteiger partial charge is 0.159 e. The van der Waals surface area contributed by atoms with Crippen LogP contribution in [0, 0.1) is 0 Å². The van der Waals surface area contributed by atoms with Crippen molar-refractivity contribution in [1.29, 1.82) is 0 Å².